The molecular formula is C11H16FNS2. The molecule has 1 aromatic carbocycles. The molecule has 0 saturated carbocycles. The normalized spacial score (nSPS) is 14.9. The Morgan fingerprint density at radius 2 is 2.27 bits per heavy atom. The average Bonchev–Trinajstić information content (AvgIpc) is 2.15. The topological polar surface area (TPSA) is 12.0 Å². The van der Waals surface area contributed by atoms with Gasteiger partial charge in [0.2, 0.25) is 0 Å². The smallest absolute Gasteiger partial charge is 0.123 e. The van der Waals surface area contributed by atoms with Crippen LogP contribution in [0.25, 0.3) is 0 Å². The maximum absolute atomic E-state index is 12.9. The van der Waals surface area contributed by atoms with Gasteiger partial charge in [0.1, 0.15) is 5.82 Å². The van der Waals surface area contributed by atoms with Crippen LogP contribution in [0.1, 0.15) is 12.5 Å². The summed E-state index contributed by atoms with van der Waals surface area (Å²) in [5, 5.41) is 0. The molecule has 0 heterocycles. The molecule has 0 spiro atoms. The molecule has 0 aliphatic carbocycles. The molecule has 0 amide bonds. The number of hydrogen-bond acceptors (Lipinski definition) is 1. The van der Waals surface area contributed by atoms with Crippen molar-refractivity contribution in [2.24, 2.45) is 5.92 Å². The zero-order valence-corrected chi connectivity index (χ0v) is 10.6. The van der Waals surface area contributed by atoms with Gasteiger partial charge in [-0.3, -0.25) is 4.72 Å². The molecule has 1 rings (SSSR count). The van der Waals surface area contributed by atoms with E-state index in [-0.39, 0.29) is 15.5 Å². The van der Waals surface area contributed by atoms with Gasteiger partial charge in [0.05, 0.1) is 0 Å². The zero-order chi connectivity index (χ0) is 11.3. The van der Waals surface area contributed by atoms with E-state index in [1.165, 1.54) is 6.07 Å². The third-order valence-electron chi connectivity index (χ3n) is 2.11. The summed E-state index contributed by atoms with van der Waals surface area (Å²) in [6.45, 7) is 3.03. The van der Waals surface area contributed by atoms with Crippen LogP contribution >= 0.6 is 0 Å². The Kier molecular flexibility index (Phi) is 5.36. The van der Waals surface area contributed by atoms with Gasteiger partial charge < -0.3 is 0 Å². The van der Waals surface area contributed by atoms with Crippen LogP contribution in [-0.2, 0) is 27.2 Å². The van der Waals surface area contributed by atoms with Crippen LogP contribution < -0.4 is 4.72 Å². The quantitative estimate of drug-likeness (QED) is 0.853. The van der Waals surface area contributed by atoms with E-state index in [0.29, 0.717) is 5.92 Å². The molecule has 0 fully saturated rings. The molecule has 1 aromatic rings. The number of halogens is 1. The van der Waals surface area contributed by atoms with Crippen molar-refractivity contribution >= 4 is 20.8 Å². The van der Waals surface area contributed by atoms with Gasteiger partial charge in [-0.1, -0.05) is 28.7 Å². The predicted molar refractivity (Wildman–Crippen MR) is 67.9 cm³/mol. The zero-order valence-electron chi connectivity index (χ0n) is 9.00. The summed E-state index contributed by atoms with van der Waals surface area (Å²) in [5.74, 6) is 0.316. The van der Waals surface area contributed by atoms with Crippen LogP contribution in [0.2, 0.25) is 0 Å². The highest BCUT2D eigenvalue weighted by molar-refractivity contribution is 8.27. The summed E-state index contributed by atoms with van der Waals surface area (Å²) < 4.78 is 16.1. The van der Waals surface area contributed by atoms with E-state index in [1.807, 2.05) is 12.3 Å². The van der Waals surface area contributed by atoms with Crippen LogP contribution in [0.5, 0.6) is 0 Å². The molecule has 84 valence electrons. The molecule has 4 heteroatoms. The van der Waals surface area contributed by atoms with E-state index >= 15 is 0 Å². The fourth-order valence-electron chi connectivity index (χ4n) is 1.40. The summed E-state index contributed by atoms with van der Waals surface area (Å²) in [6, 6.07) is 6.77. The minimum Gasteiger partial charge on any atom is -0.261 e. The minimum absolute atomic E-state index is 0.139. The van der Waals surface area contributed by atoms with Crippen molar-refractivity contribution in [3.63, 3.8) is 0 Å². The molecule has 0 radical (unpaired) electrons. The lowest BCUT2D eigenvalue weighted by molar-refractivity contribution is 0.569. The predicted octanol–water partition coefficient (Wildman–Crippen LogP) is 2.22. The van der Waals surface area contributed by atoms with Crippen molar-refractivity contribution in [1.29, 1.82) is 0 Å². The van der Waals surface area contributed by atoms with Gasteiger partial charge in [-0.2, -0.15) is 0 Å². The Morgan fingerprint density at radius 3 is 2.87 bits per heavy atom. The van der Waals surface area contributed by atoms with Crippen LogP contribution in [0.4, 0.5) is 4.39 Å². The van der Waals surface area contributed by atoms with Crippen molar-refractivity contribution in [1.82, 2.24) is 4.72 Å². The van der Waals surface area contributed by atoms with Gasteiger partial charge in [0.25, 0.3) is 0 Å². The van der Waals surface area contributed by atoms with Gasteiger partial charge in [-0.05, 0) is 47.5 Å². The maximum Gasteiger partial charge on any atom is 0.123 e. The van der Waals surface area contributed by atoms with E-state index in [2.05, 4.69) is 11.6 Å². The number of nitrogens with one attached hydrogen (secondary N) is 1. The minimum atomic E-state index is -0.161. The Labute approximate surface area is 97.8 Å². The molecular weight excluding hydrogens is 229 g/mol. The van der Waals surface area contributed by atoms with E-state index in [4.69, 9.17) is 11.2 Å². The first-order valence-electron chi connectivity index (χ1n) is 4.89. The van der Waals surface area contributed by atoms with Crippen molar-refractivity contribution in [2.75, 3.05) is 12.8 Å². The highest BCUT2D eigenvalue weighted by Crippen LogP contribution is 2.09. The molecule has 1 N–H and O–H groups in total. The Bertz CT molecular complexity index is 341. The van der Waals surface area contributed by atoms with Crippen LogP contribution in [0.15, 0.2) is 24.3 Å². The van der Waals surface area contributed by atoms with Crippen molar-refractivity contribution in [2.45, 2.75) is 13.3 Å². The fraction of sp³-hybridized carbons (Fsp3) is 0.455. The highest BCUT2D eigenvalue weighted by atomic mass is 32.8. The lowest BCUT2D eigenvalue weighted by Gasteiger charge is -2.12. The molecule has 2 atom stereocenters. The van der Waals surface area contributed by atoms with E-state index < -0.39 is 0 Å². The van der Waals surface area contributed by atoms with Gasteiger partial charge in [0.15, 0.2) is 0 Å². The average molecular weight is 245 g/mol. The Morgan fingerprint density at radius 1 is 1.53 bits per heavy atom. The first-order chi connectivity index (χ1) is 7.08. The first kappa shape index (κ1) is 12.7. The third kappa shape index (κ3) is 5.35. The maximum atomic E-state index is 12.9. The molecule has 1 nitrogen and oxygen atoms in total. The summed E-state index contributed by atoms with van der Waals surface area (Å²) in [7, 11) is -0.139. The number of benzene rings is 1. The standard InChI is InChI=1S/C11H16FNS2/c1-9(8-13-15(2)14)6-10-4-3-5-11(12)7-10/h3-5,7,9,13H,6,8H2,1-2H3. The van der Waals surface area contributed by atoms with E-state index in [1.54, 1.807) is 12.1 Å². The second-order valence-electron chi connectivity index (χ2n) is 3.74. The third-order valence-corrected chi connectivity index (χ3v) is 3.03. The summed E-state index contributed by atoms with van der Waals surface area (Å²) in [5.41, 5.74) is 1.05. The van der Waals surface area contributed by atoms with Gasteiger partial charge >= 0.3 is 0 Å². The Balaban J connectivity index is 2.44. The van der Waals surface area contributed by atoms with Gasteiger partial charge in [-0.25, -0.2) is 4.39 Å². The van der Waals surface area contributed by atoms with E-state index in [0.717, 1.165) is 18.5 Å². The molecule has 2 unspecified atom stereocenters. The van der Waals surface area contributed by atoms with Crippen molar-refractivity contribution in [3.8, 4) is 0 Å². The van der Waals surface area contributed by atoms with E-state index in [9.17, 15) is 4.39 Å². The second-order valence-corrected chi connectivity index (χ2v) is 6.44. The second kappa shape index (κ2) is 6.30. The van der Waals surface area contributed by atoms with Crippen LogP contribution in [0.3, 0.4) is 0 Å². The monoisotopic (exact) mass is 245 g/mol. The van der Waals surface area contributed by atoms with Gasteiger partial charge in [-0.15, -0.1) is 0 Å². The number of hydrogen-bond donors (Lipinski definition) is 1. The molecule has 0 bridgehead atoms. The summed E-state index contributed by atoms with van der Waals surface area (Å²) >= 11 is 5.04. The molecule has 0 aliphatic heterocycles. The first-order valence-corrected chi connectivity index (χ1v) is 7.45. The Hall–Kier alpha value is -0.320. The fourth-order valence-corrected chi connectivity index (χ4v) is 2.12. The molecule has 0 saturated heterocycles. The van der Waals surface area contributed by atoms with Crippen molar-refractivity contribution < 1.29 is 4.39 Å². The summed E-state index contributed by atoms with van der Waals surface area (Å²) in [6.07, 6.45) is 2.86. The largest absolute Gasteiger partial charge is 0.261 e. The van der Waals surface area contributed by atoms with Crippen LogP contribution in [0, 0.1) is 11.7 Å². The lowest BCUT2D eigenvalue weighted by atomic mass is 10.0. The molecule has 0 aromatic heterocycles. The van der Waals surface area contributed by atoms with Crippen LogP contribution in [-0.4, -0.2) is 12.8 Å². The lowest BCUT2D eigenvalue weighted by Crippen LogP contribution is -2.23. The summed E-state index contributed by atoms with van der Waals surface area (Å²) in [4.78, 5) is 0. The van der Waals surface area contributed by atoms with Crippen molar-refractivity contribution in [3.05, 3.63) is 35.6 Å². The molecule has 0 aliphatic rings. The molecule has 15 heavy (non-hydrogen) atoms. The number of rotatable bonds is 5. The SMILES string of the molecule is CC(CNS(C)=S)Cc1cccc(F)c1. The van der Waals surface area contributed by atoms with Gasteiger partial charge in [0, 0.05) is 6.54 Å². The highest BCUT2D eigenvalue weighted by Gasteiger charge is 2.04.